The number of anilines is 1. The van der Waals surface area contributed by atoms with Crippen molar-refractivity contribution in [3.63, 3.8) is 0 Å². The highest BCUT2D eigenvalue weighted by molar-refractivity contribution is 8.03. The smallest absolute Gasteiger partial charge is 0.283 e. The molecule has 0 radical (unpaired) electrons. The van der Waals surface area contributed by atoms with Gasteiger partial charge in [0.05, 0.1) is 22.2 Å². The molecule has 3 aromatic rings. The molecule has 2 aromatic carbocycles. The van der Waals surface area contributed by atoms with Crippen molar-refractivity contribution < 1.29 is 30.2 Å². The molecular formula is C32H38Cl2N3O6S4+. The topological polar surface area (TPSA) is 117 Å². The largest absolute Gasteiger partial charge is 0.335 e. The highest BCUT2D eigenvalue weighted by Crippen LogP contribution is 2.49. The number of fused-ring (bicyclic) bond motifs is 2. The number of thiazole rings is 1. The Bertz CT molecular complexity index is 1970. The third kappa shape index (κ3) is 9.83. The van der Waals surface area contributed by atoms with E-state index in [4.69, 9.17) is 27.5 Å². The predicted molar refractivity (Wildman–Crippen MR) is 193 cm³/mol. The van der Waals surface area contributed by atoms with Crippen LogP contribution in [0.1, 0.15) is 51.5 Å². The lowest BCUT2D eigenvalue weighted by Crippen LogP contribution is -2.36. The van der Waals surface area contributed by atoms with Crippen LogP contribution in [0.25, 0.3) is 16.3 Å². The van der Waals surface area contributed by atoms with Gasteiger partial charge in [0.25, 0.3) is 25.2 Å². The van der Waals surface area contributed by atoms with Gasteiger partial charge in [0, 0.05) is 46.6 Å². The molecule has 0 fully saturated rings. The fourth-order valence-electron chi connectivity index (χ4n) is 5.83. The van der Waals surface area contributed by atoms with E-state index in [1.807, 2.05) is 36.4 Å². The second kappa shape index (κ2) is 14.9. The number of thioether (sulfide) groups is 1. The molecule has 15 heteroatoms. The Morgan fingerprint density at radius 3 is 2.53 bits per heavy atom. The van der Waals surface area contributed by atoms with Crippen molar-refractivity contribution >= 4 is 88.5 Å². The summed E-state index contributed by atoms with van der Waals surface area (Å²) in [5.41, 5.74) is 6.52. The van der Waals surface area contributed by atoms with Gasteiger partial charge in [-0.3, -0.25) is 4.55 Å². The lowest BCUT2D eigenvalue weighted by Gasteiger charge is -2.31. The molecule has 0 atom stereocenters. The van der Waals surface area contributed by atoms with E-state index in [1.165, 1.54) is 0 Å². The van der Waals surface area contributed by atoms with Crippen LogP contribution in [-0.4, -0.2) is 46.0 Å². The zero-order valence-corrected chi connectivity index (χ0v) is 31.1. The van der Waals surface area contributed by atoms with Gasteiger partial charge in [-0.2, -0.15) is 31.2 Å². The maximum Gasteiger partial charge on any atom is 0.283 e. The molecule has 9 nitrogen and oxygen atoms in total. The Kier molecular flexibility index (Phi) is 11.5. The van der Waals surface area contributed by atoms with Crippen LogP contribution < -0.4 is 14.9 Å². The quantitative estimate of drug-likeness (QED) is 0.103. The minimum atomic E-state index is -4.08. The van der Waals surface area contributed by atoms with E-state index in [-0.39, 0.29) is 23.3 Å². The van der Waals surface area contributed by atoms with E-state index in [9.17, 15) is 21.4 Å². The number of nitrogens with one attached hydrogen (secondary N) is 1. The second-order valence-electron chi connectivity index (χ2n) is 12.3. The van der Waals surface area contributed by atoms with Crippen LogP contribution in [0.5, 0.6) is 0 Å². The van der Waals surface area contributed by atoms with Crippen LogP contribution in [0, 0.1) is 5.41 Å². The SMILES string of the molecule is CCNOS(=O)(=O)CCCN1C(=CC2=CC(=Cc3sc4ccc(Cl)cc4[n+]3CCCS(=O)(=O)O)CC(C)(C)C2)Sc2ccc(Cl)cc21. The van der Waals surface area contributed by atoms with Crippen LogP contribution in [0.4, 0.5) is 5.69 Å². The van der Waals surface area contributed by atoms with E-state index in [0.717, 1.165) is 54.8 Å². The maximum absolute atomic E-state index is 12.3. The highest BCUT2D eigenvalue weighted by atomic mass is 35.5. The van der Waals surface area contributed by atoms with Crippen LogP contribution in [0.2, 0.25) is 10.0 Å². The van der Waals surface area contributed by atoms with E-state index in [1.54, 1.807) is 30.0 Å². The Morgan fingerprint density at radius 2 is 1.79 bits per heavy atom. The first-order valence-corrected chi connectivity index (χ1v) is 20.8. The summed E-state index contributed by atoms with van der Waals surface area (Å²) in [6.07, 6.45) is 8.87. The average Bonchev–Trinajstić information content (AvgIpc) is 3.46. The van der Waals surface area contributed by atoms with E-state index in [2.05, 4.69) is 47.0 Å². The number of hydrogen-bond donors (Lipinski definition) is 2. The molecule has 2 N–H and O–H groups in total. The summed E-state index contributed by atoms with van der Waals surface area (Å²) in [4.78, 5) is 3.17. The molecule has 0 spiro atoms. The summed E-state index contributed by atoms with van der Waals surface area (Å²) < 4.78 is 64.8. The number of hydroxylamine groups is 1. The number of allylic oxidation sites excluding steroid dienone is 4. The van der Waals surface area contributed by atoms with Gasteiger partial charge in [-0.1, -0.05) is 73.1 Å². The number of halogens is 2. The normalized spacial score (nSPS) is 18.3. The minimum Gasteiger partial charge on any atom is -0.335 e. The van der Waals surface area contributed by atoms with E-state index in [0.29, 0.717) is 36.1 Å². The van der Waals surface area contributed by atoms with Crippen LogP contribution in [-0.2, 0) is 31.1 Å². The van der Waals surface area contributed by atoms with Gasteiger partial charge in [0.1, 0.15) is 4.70 Å². The van der Waals surface area contributed by atoms with E-state index >= 15 is 0 Å². The average molecular weight is 760 g/mol. The highest BCUT2D eigenvalue weighted by Gasteiger charge is 2.30. The molecule has 0 saturated heterocycles. The maximum atomic E-state index is 12.3. The molecule has 0 saturated carbocycles. The zero-order valence-electron chi connectivity index (χ0n) is 26.3. The Morgan fingerprint density at radius 1 is 1.04 bits per heavy atom. The summed E-state index contributed by atoms with van der Waals surface area (Å²) in [6, 6.07) is 11.4. The molecule has 0 amide bonds. The lowest BCUT2D eigenvalue weighted by molar-refractivity contribution is -0.668. The Labute approximate surface area is 295 Å². The van der Waals surface area contributed by atoms with Gasteiger partial charge in [-0.15, -0.1) is 0 Å². The third-order valence-electron chi connectivity index (χ3n) is 7.63. The molecule has 0 unspecified atom stereocenters. The number of hydrogen-bond acceptors (Lipinski definition) is 9. The molecule has 2 heterocycles. The number of nitrogens with zero attached hydrogens (tertiary/aromatic N) is 2. The van der Waals surface area contributed by atoms with Crippen molar-refractivity contribution in [3.05, 3.63) is 79.8 Å². The molecule has 5 rings (SSSR count). The fourth-order valence-corrected chi connectivity index (χ4v) is 9.81. The molecule has 2 aliphatic rings. The van der Waals surface area contributed by atoms with Crippen molar-refractivity contribution in [1.29, 1.82) is 0 Å². The second-order valence-corrected chi connectivity index (χ2v) is 18.6. The monoisotopic (exact) mass is 758 g/mol. The molecule has 1 aliphatic carbocycles. The van der Waals surface area contributed by atoms with Gasteiger partial charge in [0.2, 0.25) is 5.52 Å². The minimum absolute atomic E-state index is 0.0370. The van der Waals surface area contributed by atoms with Gasteiger partial charge < -0.3 is 4.90 Å². The summed E-state index contributed by atoms with van der Waals surface area (Å²) in [5, 5.41) is 3.16. The molecule has 1 aromatic heterocycles. The van der Waals surface area contributed by atoms with Gasteiger partial charge >= 0.3 is 0 Å². The predicted octanol–water partition coefficient (Wildman–Crippen LogP) is 7.62. The summed E-state index contributed by atoms with van der Waals surface area (Å²) >= 11 is 16.0. The fraction of sp³-hybridized carbons (Fsp3) is 0.406. The van der Waals surface area contributed by atoms with Gasteiger partial charge in [-0.05, 0) is 72.2 Å². The number of aryl methyl sites for hydroxylation is 1. The first-order chi connectivity index (χ1) is 22.1. The molecular weight excluding hydrogens is 722 g/mol. The Balaban J connectivity index is 1.47. The van der Waals surface area contributed by atoms with Crippen molar-refractivity contribution in [2.75, 3.05) is 29.5 Å². The Hall–Kier alpha value is -1.94. The van der Waals surface area contributed by atoms with Crippen LogP contribution in [0.3, 0.4) is 0 Å². The summed E-state index contributed by atoms with van der Waals surface area (Å²) in [7, 11) is -7.78. The number of benzene rings is 2. The van der Waals surface area contributed by atoms with Crippen molar-refractivity contribution in [1.82, 2.24) is 5.48 Å². The van der Waals surface area contributed by atoms with Crippen molar-refractivity contribution in [2.24, 2.45) is 5.41 Å². The van der Waals surface area contributed by atoms with Crippen molar-refractivity contribution in [2.45, 2.75) is 57.9 Å². The van der Waals surface area contributed by atoms with Gasteiger partial charge in [-0.25, -0.2) is 0 Å². The van der Waals surface area contributed by atoms with Crippen LogP contribution >= 0.6 is 46.3 Å². The zero-order chi connectivity index (χ0) is 34.0. The standard InChI is InChI=1S/C32H37Cl2N3O6S4/c1-4-35-43-47(41,42)14-6-12-37-27-19-25(34)8-10-29(27)45-31(37)17-23-15-22(20-32(2,3)21-23)16-30-36(11-5-13-46(38,39)40)26-18-24(33)7-9-28(26)44-30/h7-10,15-19,35H,4-6,11-14,20-21H2,1-3H3/p+1. The molecule has 0 bridgehead atoms. The summed E-state index contributed by atoms with van der Waals surface area (Å²) in [6.45, 7) is 7.49. The summed E-state index contributed by atoms with van der Waals surface area (Å²) in [5.74, 6) is -0.452. The molecule has 47 heavy (non-hydrogen) atoms. The van der Waals surface area contributed by atoms with Crippen molar-refractivity contribution in [3.8, 4) is 0 Å². The number of rotatable bonds is 13. The van der Waals surface area contributed by atoms with Crippen LogP contribution in [0.15, 0.2) is 69.6 Å². The molecule has 1 aliphatic heterocycles. The number of aromatic nitrogens is 1. The first-order valence-electron chi connectivity index (χ1n) is 15.2. The van der Waals surface area contributed by atoms with E-state index < -0.39 is 20.2 Å². The molecule has 254 valence electrons. The lowest BCUT2D eigenvalue weighted by atomic mass is 9.75. The third-order valence-corrected chi connectivity index (χ3v) is 12.3. The van der Waals surface area contributed by atoms with Gasteiger partial charge in [0.15, 0.2) is 6.54 Å². The first kappa shape index (κ1) is 36.3.